The Balaban J connectivity index is 1.69. The summed E-state index contributed by atoms with van der Waals surface area (Å²) in [6.45, 7) is 2.03. The van der Waals surface area contributed by atoms with Crippen molar-refractivity contribution in [2.24, 2.45) is 0 Å². The van der Waals surface area contributed by atoms with Crippen molar-refractivity contribution in [3.63, 3.8) is 0 Å². The third-order valence-corrected chi connectivity index (χ3v) is 4.47. The van der Waals surface area contributed by atoms with Gasteiger partial charge < -0.3 is 0 Å². The number of thioether (sulfide) groups is 1. The molecule has 0 fully saturated rings. The second-order valence-corrected chi connectivity index (χ2v) is 6.26. The summed E-state index contributed by atoms with van der Waals surface area (Å²) in [6.07, 6.45) is 1.75. The maximum absolute atomic E-state index is 6.24. The molecule has 1 aromatic carbocycles. The molecule has 5 heteroatoms. The average Bonchev–Trinajstić information content (AvgIpc) is 2.55. The van der Waals surface area contributed by atoms with Crippen molar-refractivity contribution < 1.29 is 0 Å². The molecule has 0 atom stereocenters. The van der Waals surface area contributed by atoms with Gasteiger partial charge >= 0.3 is 0 Å². The van der Waals surface area contributed by atoms with Crippen molar-refractivity contribution in [2.75, 3.05) is 0 Å². The summed E-state index contributed by atoms with van der Waals surface area (Å²) >= 11 is 7.86. The first-order valence-corrected chi connectivity index (χ1v) is 8.22. The first-order valence-electron chi connectivity index (χ1n) is 6.85. The maximum Gasteiger partial charge on any atom is 0.119 e. The van der Waals surface area contributed by atoms with E-state index in [-0.39, 0.29) is 0 Å². The number of halogens is 1. The molecule has 0 radical (unpaired) electrons. The van der Waals surface area contributed by atoms with E-state index in [1.54, 1.807) is 18.0 Å². The third kappa shape index (κ3) is 3.64. The molecule has 110 valence electrons. The van der Waals surface area contributed by atoms with Gasteiger partial charge in [0, 0.05) is 17.0 Å². The SMILES string of the molecule is Cc1ccc(CSc2ccc(-c3ccccn3)nn2)c(Cl)c1. The van der Waals surface area contributed by atoms with Crippen LogP contribution in [-0.4, -0.2) is 15.2 Å². The largest absolute Gasteiger partial charge is 0.255 e. The number of aromatic nitrogens is 3. The third-order valence-electron chi connectivity index (χ3n) is 3.15. The first-order chi connectivity index (χ1) is 10.7. The fraction of sp³-hybridized carbons (Fsp3) is 0.118. The van der Waals surface area contributed by atoms with E-state index in [0.717, 1.165) is 32.8 Å². The van der Waals surface area contributed by atoms with Crippen LogP contribution < -0.4 is 0 Å². The molecule has 2 heterocycles. The predicted octanol–water partition coefficient (Wildman–Crippen LogP) is 4.79. The molecule has 0 saturated heterocycles. The van der Waals surface area contributed by atoms with Crippen molar-refractivity contribution in [2.45, 2.75) is 17.7 Å². The molecular weight excluding hydrogens is 314 g/mol. The molecule has 3 rings (SSSR count). The Morgan fingerprint density at radius 3 is 2.59 bits per heavy atom. The van der Waals surface area contributed by atoms with Crippen molar-refractivity contribution in [1.82, 2.24) is 15.2 Å². The summed E-state index contributed by atoms with van der Waals surface area (Å²) in [6, 6.07) is 15.7. The number of pyridine rings is 1. The molecule has 0 unspecified atom stereocenters. The Morgan fingerprint density at radius 2 is 1.91 bits per heavy atom. The molecular formula is C17H14ClN3S. The normalized spacial score (nSPS) is 10.6. The molecule has 0 bridgehead atoms. The summed E-state index contributed by atoms with van der Waals surface area (Å²) in [5.74, 6) is 0.775. The summed E-state index contributed by atoms with van der Waals surface area (Å²) in [4.78, 5) is 4.27. The van der Waals surface area contributed by atoms with Gasteiger partial charge in [-0.3, -0.25) is 4.98 Å². The number of hydrogen-bond donors (Lipinski definition) is 0. The van der Waals surface area contributed by atoms with Gasteiger partial charge in [0.25, 0.3) is 0 Å². The quantitative estimate of drug-likeness (QED) is 0.646. The first kappa shape index (κ1) is 15.0. The summed E-state index contributed by atoms with van der Waals surface area (Å²) in [5, 5.41) is 10.1. The van der Waals surface area contributed by atoms with E-state index in [9.17, 15) is 0 Å². The van der Waals surface area contributed by atoms with Crippen LogP contribution in [0.2, 0.25) is 5.02 Å². The summed E-state index contributed by atoms with van der Waals surface area (Å²) < 4.78 is 0. The molecule has 2 aromatic heterocycles. The molecule has 0 amide bonds. The Kier molecular flexibility index (Phi) is 4.71. The van der Waals surface area contributed by atoms with Crippen molar-refractivity contribution in [3.8, 4) is 11.4 Å². The molecule has 0 spiro atoms. The monoisotopic (exact) mass is 327 g/mol. The zero-order valence-electron chi connectivity index (χ0n) is 12.0. The van der Waals surface area contributed by atoms with Gasteiger partial charge in [-0.1, -0.05) is 41.6 Å². The van der Waals surface area contributed by atoms with E-state index in [4.69, 9.17) is 11.6 Å². The molecule has 0 N–H and O–H groups in total. The molecule has 0 saturated carbocycles. The van der Waals surface area contributed by atoms with Crippen LogP contribution in [0.5, 0.6) is 0 Å². The average molecular weight is 328 g/mol. The zero-order valence-corrected chi connectivity index (χ0v) is 13.6. The summed E-state index contributed by atoms with van der Waals surface area (Å²) in [7, 11) is 0. The summed E-state index contributed by atoms with van der Waals surface area (Å²) in [5.41, 5.74) is 3.87. The Labute approximate surface area is 138 Å². The lowest BCUT2D eigenvalue weighted by molar-refractivity contribution is 0.931. The molecule has 0 aliphatic rings. The Morgan fingerprint density at radius 1 is 1.00 bits per heavy atom. The zero-order chi connectivity index (χ0) is 15.4. The van der Waals surface area contributed by atoms with E-state index in [1.165, 1.54) is 5.56 Å². The van der Waals surface area contributed by atoms with Crippen molar-refractivity contribution >= 4 is 23.4 Å². The van der Waals surface area contributed by atoms with Gasteiger partial charge in [-0.25, -0.2) is 0 Å². The molecule has 3 nitrogen and oxygen atoms in total. The number of hydrogen-bond acceptors (Lipinski definition) is 4. The van der Waals surface area contributed by atoms with Gasteiger partial charge in [0.15, 0.2) is 0 Å². The second kappa shape index (κ2) is 6.90. The van der Waals surface area contributed by atoms with Gasteiger partial charge in [0.05, 0.1) is 5.69 Å². The minimum Gasteiger partial charge on any atom is -0.255 e. The molecule has 0 aliphatic heterocycles. The number of rotatable bonds is 4. The fourth-order valence-corrected chi connectivity index (χ4v) is 3.17. The van der Waals surface area contributed by atoms with E-state index < -0.39 is 0 Å². The van der Waals surface area contributed by atoms with Gasteiger partial charge in [-0.05, 0) is 48.4 Å². The predicted molar refractivity (Wildman–Crippen MR) is 91.0 cm³/mol. The highest BCUT2D eigenvalue weighted by atomic mass is 35.5. The van der Waals surface area contributed by atoms with Gasteiger partial charge in [0.1, 0.15) is 10.7 Å². The van der Waals surface area contributed by atoms with E-state index in [1.807, 2.05) is 43.3 Å². The minimum absolute atomic E-state index is 0.775. The second-order valence-electron chi connectivity index (χ2n) is 4.86. The van der Waals surface area contributed by atoms with Gasteiger partial charge in [-0.15, -0.1) is 10.2 Å². The molecule has 3 aromatic rings. The van der Waals surface area contributed by atoms with E-state index in [0.29, 0.717) is 0 Å². The van der Waals surface area contributed by atoms with Crippen LogP contribution in [0, 0.1) is 6.92 Å². The fourth-order valence-electron chi connectivity index (χ4n) is 1.97. The van der Waals surface area contributed by atoms with E-state index in [2.05, 4.69) is 27.3 Å². The molecule has 22 heavy (non-hydrogen) atoms. The van der Waals surface area contributed by atoms with Crippen LogP contribution in [0.3, 0.4) is 0 Å². The number of benzene rings is 1. The topological polar surface area (TPSA) is 38.7 Å². The Bertz CT molecular complexity index is 761. The number of aryl methyl sites for hydroxylation is 1. The van der Waals surface area contributed by atoms with Crippen molar-refractivity contribution in [1.29, 1.82) is 0 Å². The standard InChI is InChI=1S/C17H14ClN3S/c1-12-5-6-13(14(18)10-12)11-22-17-8-7-16(20-21-17)15-4-2-3-9-19-15/h2-10H,11H2,1H3. The lowest BCUT2D eigenvalue weighted by atomic mass is 10.2. The highest BCUT2D eigenvalue weighted by Crippen LogP contribution is 2.26. The minimum atomic E-state index is 0.775. The van der Waals surface area contributed by atoms with Crippen molar-refractivity contribution in [3.05, 3.63) is 70.9 Å². The smallest absolute Gasteiger partial charge is 0.119 e. The van der Waals surface area contributed by atoms with Gasteiger partial charge in [0.2, 0.25) is 0 Å². The highest BCUT2D eigenvalue weighted by Gasteiger charge is 2.05. The van der Waals surface area contributed by atoms with Crippen LogP contribution in [0.4, 0.5) is 0 Å². The highest BCUT2D eigenvalue weighted by molar-refractivity contribution is 7.98. The lowest BCUT2D eigenvalue weighted by Crippen LogP contribution is -1.92. The lowest BCUT2D eigenvalue weighted by Gasteiger charge is -2.05. The maximum atomic E-state index is 6.24. The van der Waals surface area contributed by atoms with Gasteiger partial charge in [-0.2, -0.15) is 0 Å². The number of nitrogens with zero attached hydrogens (tertiary/aromatic N) is 3. The van der Waals surface area contributed by atoms with Crippen LogP contribution >= 0.6 is 23.4 Å². The van der Waals surface area contributed by atoms with E-state index >= 15 is 0 Å². The van der Waals surface area contributed by atoms with Crippen LogP contribution in [0.25, 0.3) is 11.4 Å². The van der Waals surface area contributed by atoms with Crippen LogP contribution in [0.15, 0.2) is 59.8 Å². The van der Waals surface area contributed by atoms with Crippen LogP contribution in [0.1, 0.15) is 11.1 Å². The Hall–Kier alpha value is -1.91. The van der Waals surface area contributed by atoms with Crippen LogP contribution in [-0.2, 0) is 5.75 Å². The molecule has 0 aliphatic carbocycles.